The maximum atomic E-state index is 12.4. The van der Waals surface area contributed by atoms with Crippen molar-refractivity contribution in [2.45, 2.75) is 31.3 Å². The minimum atomic E-state index is -0.106. The molecule has 0 spiro atoms. The number of carbonyl (C=O) groups excluding carboxylic acids is 1. The number of hydrogen-bond acceptors (Lipinski definition) is 4. The molecule has 1 amide bonds. The molecule has 0 radical (unpaired) electrons. The van der Waals surface area contributed by atoms with E-state index in [0.29, 0.717) is 24.8 Å². The first kappa shape index (κ1) is 14.4. The molecule has 2 aromatic heterocycles. The van der Waals surface area contributed by atoms with Crippen molar-refractivity contribution < 1.29 is 9.53 Å². The predicted molar refractivity (Wildman–Crippen MR) is 82.9 cm³/mol. The van der Waals surface area contributed by atoms with Gasteiger partial charge in [0.2, 0.25) is 0 Å². The molecule has 2 fully saturated rings. The van der Waals surface area contributed by atoms with E-state index < -0.39 is 0 Å². The Labute approximate surface area is 134 Å². The van der Waals surface area contributed by atoms with Crippen LogP contribution in [0.5, 0.6) is 0 Å². The lowest BCUT2D eigenvalue weighted by molar-refractivity contribution is 0.0844. The second kappa shape index (κ2) is 5.81. The molecule has 2 N–H and O–H groups in total. The van der Waals surface area contributed by atoms with Gasteiger partial charge in [0.25, 0.3) is 5.91 Å². The van der Waals surface area contributed by atoms with Crippen molar-refractivity contribution in [3.8, 4) is 0 Å². The molecule has 7 heteroatoms. The predicted octanol–water partition coefficient (Wildman–Crippen LogP) is 1.53. The summed E-state index contributed by atoms with van der Waals surface area (Å²) >= 11 is 0. The Morgan fingerprint density at radius 1 is 1.48 bits per heavy atom. The summed E-state index contributed by atoms with van der Waals surface area (Å²) in [7, 11) is 1.91. The van der Waals surface area contributed by atoms with Gasteiger partial charge in [0.05, 0.1) is 12.3 Å². The molecule has 2 aromatic rings. The fourth-order valence-corrected chi connectivity index (χ4v) is 3.30. The van der Waals surface area contributed by atoms with E-state index in [1.165, 1.54) is 12.8 Å². The van der Waals surface area contributed by atoms with Crippen LogP contribution in [-0.2, 0) is 11.8 Å². The van der Waals surface area contributed by atoms with Crippen LogP contribution < -0.4 is 5.32 Å². The molecule has 4 rings (SSSR count). The molecule has 2 atom stereocenters. The van der Waals surface area contributed by atoms with Crippen molar-refractivity contribution in [3.63, 3.8) is 0 Å². The largest absolute Gasteiger partial charge is 0.373 e. The van der Waals surface area contributed by atoms with E-state index in [4.69, 9.17) is 4.74 Å². The van der Waals surface area contributed by atoms with Gasteiger partial charge in [-0.15, -0.1) is 0 Å². The van der Waals surface area contributed by atoms with Gasteiger partial charge < -0.3 is 10.1 Å². The monoisotopic (exact) mass is 315 g/mol. The Hall–Kier alpha value is -2.15. The van der Waals surface area contributed by atoms with E-state index in [2.05, 4.69) is 20.6 Å². The highest BCUT2D eigenvalue weighted by Gasteiger charge is 2.31. The van der Waals surface area contributed by atoms with Crippen LogP contribution in [0, 0.1) is 5.92 Å². The van der Waals surface area contributed by atoms with Crippen LogP contribution >= 0.6 is 0 Å². The highest BCUT2D eigenvalue weighted by atomic mass is 16.5. The molecule has 0 aromatic carbocycles. The van der Waals surface area contributed by atoms with Crippen LogP contribution in [0.1, 0.15) is 53.0 Å². The zero-order chi connectivity index (χ0) is 15.8. The van der Waals surface area contributed by atoms with Gasteiger partial charge in [-0.1, -0.05) is 0 Å². The van der Waals surface area contributed by atoms with Gasteiger partial charge in [-0.25, -0.2) is 0 Å². The number of rotatable bonds is 5. The maximum Gasteiger partial charge on any atom is 0.271 e. The third kappa shape index (κ3) is 2.88. The number of aromatic nitrogens is 4. The molecule has 1 aliphatic heterocycles. The van der Waals surface area contributed by atoms with Crippen LogP contribution in [0.15, 0.2) is 18.5 Å². The summed E-state index contributed by atoms with van der Waals surface area (Å²) in [5.41, 5.74) is 2.71. The Bertz CT molecular complexity index is 689. The van der Waals surface area contributed by atoms with Crippen molar-refractivity contribution >= 4 is 5.91 Å². The Morgan fingerprint density at radius 2 is 2.35 bits per heavy atom. The average Bonchev–Trinajstić information content (AvgIpc) is 2.96. The van der Waals surface area contributed by atoms with Gasteiger partial charge >= 0.3 is 0 Å². The van der Waals surface area contributed by atoms with E-state index in [-0.39, 0.29) is 17.9 Å². The molecule has 122 valence electrons. The van der Waals surface area contributed by atoms with Crippen LogP contribution in [-0.4, -0.2) is 39.0 Å². The van der Waals surface area contributed by atoms with E-state index in [9.17, 15) is 4.79 Å². The van der Waals surface area contributed by atoms with Crippen LogP contribution in [0.4, 0.5) is 0 Å². The number of nitrogens with one attached hydrogen (secondary N) is 2. The normalized spacial score (nSPS) is 24.0. The molecular formula is C16H21N5O2. The second-order valence-corrected chi connectivity index (χ2v) is 6.43. The molecule has 1 saturated carbocycles. The highest BCUT2D eigenvalue weighted by molar-refractivity contribution is 5.92. The summed E-state index contributed by atoms with van der Waals surface area (Å²) < 4.78 is 7.61. The van der Waals surface area contributed by atoms with Crippen LogP contribution in [0.3, 0.4) is 0 Å². The number of hydrogen-bond donors (Lipinski definition) is 2. The summed E-state index contributed by atoms with van der Waals surface area (Å²) in [6, 6.07) is 1.92. The Morgan fingerprint density at radius 3 is 3.09 bits per heavy atom. The zero-order valence-electron chi connectivity index (χ0n) is 13.2. The number of aryl methyl sites for hydroxylation is 1. The summed E-state index contributed by atoms with van der Waals surface area (Å²) in [6.07, 6.45) is 6.97. The summed E-state index contributed by atoms with van der Waals surface area (Å²) in [6.45, 7) is 1.30. The molecule has 2 aliphatic rings. The van der Waals surface area contributed by atoms with Gasteiger partial charge in [-0.05, 0) is 25.3 Å². The first-order valence-corrected chi connectivity index (χ1v) is 8.15. The third-order valence-corrected chi connectivity index (χ3v) is 4.73. The fraction of sp³-hybridized carbons (Fsp3) is 0.562. The van der Waals surface area contributed by atoms with E-state index in [1.54, 1.807) is 6.20 Å². The SMILES string of the molecule is Cn1nc(C(=O)NC[C@H]2CCO[C@@H]2c2cn[nH]c2)cc1C1CC1. The van der Waals surface area contributed by atoms with E-state index >= 15 is 0 Å². The topological polar surface area (TPSA) is 84.8 Å². The summed E-state index contributed by atoms with van der Waals surface area (Å²) in [5.74, 6) is 0.747. The number of amides is 1. The second-order valence-electron chi connectivity index (χ2n) is 6.43. The van der Waals surface area contributed by atoms with E-state index in [1.807, 2.05) is 24.0 Å². The minimum absolute atomic E-state index is 0.000178. The van der Waals surface area contributed by atoms with E-state index in [0.717, 1.165) is 17.7 Å². The van der Waals surface area contributed by atoms with Crippen LogP contribution in [0.2, 0.25) is 0 Å². The zero-order valence-corrected chi connectivity index (χ0v) is 13.2. The van der Waals surface area contributed by atoms with Gasteiger partial charge in [0.1, 0.15) is 5.69 Å². The average molecular weight is 315 g/mol. The fourth-order valence-electron chi connectivity index (χ4n) is 3.30. The van der Waals surface area contributed by atoms with Gasteiger partial charge in [0, 0.05) is 49.5 Å². The van der Waals surface area contributed by atoms with Crippen LogP contribution in [0.25, 0.3) is 0 Å². The molecule has 1 saturated heterocycles. The molecular weight excluding hydrogens is 294 g/mol. The van der Waals surface area contributed by atoms with Gasteiger partial charge in [-0.3, -0.25) is 14.6 Å². The highest BCUT2D eigenvalue weighted by Crippen LogP contribution is 2.40. The molecule has 7 nitrogen and oxygen atoms in total. The smallest absolute Gasteiger partial charge is 0.271 e. The third-order valence-electron chi connectivity index (χ3n) is 4.73. The number of ether oxygens (including phenoxy) is 1. The lowest BCUT2D eigenvalue weighted by Crippen LogP contribution is -2.30. The van der Waals surface area contributed by atoms with Crippen molar-refractivity contribution in [2.24, 2.45) is 13.0 Å². The van der Waals surface area contributed by atoms with Gasteiger partial charge in [-0.2, -0.15) is 10.2 Å². The Kier molecular flexibility index (Phi) is 3.65. The lowest BCUT2D eigenvalue weighted by Gasteiger charge is -2.17. The maximum absolute atomic E-state index is 12.4. The molecule has 0 unspecified atom stereocenters. The number of aromatic amines is 1. The lowest BCUT2D eigenvalue weighted by atomic mass is 9.97. The van der Waals surface area contributed by atoms with Crippen molar-refractivity contribution in [3.05, 3.63) is 35.4 Å². The standard InChI is InChI=1S/C16H21N5O2/c1-21-14(10-2-3-10)6-13(20-21)16(22)17-7-11-4-5-23-15(11)12-8-18-19-9-12/h6,8-11,15H,2-5,7H2,1H3,(H,17,22)(H,18,19)/t11-,15+/m1/s1. The first-order chi connectivity index (χ1) is 11.2. The summed E-state index contributed by atoms with van der Waals surface area (Å²) in [5, 5.41) is 14.1. The minimum Gasteiger partial charge on any atom is -0.373 e. The molecule has 23 heavy (non-hydrogen) atoms. The quantitative estimate of drug-likeness (QED) is 0.876. The van der Waals surface area contributed by atoms with Crippen molar-refractivity contribution in [2.75, 3.05) is 13.2 Å². The number of nitrogens with zero attached hydrogens (tertiary/aromatic N) is 3. The molecule has 0 bridgehead atoms. The molecule has 1 aliphatic carbocycles. The Balaban J connectivity index is 1.38. The van der Waals surface area contributed by atoms with Gasteiger partial charge in [0.15, 0.2) is 0 Å². The summed E-state index contributed by atoms with van der Waals surface area (Å²) in [4.78, 5) is 12.4. The first-order valence-electron chi connectivity index (χ1n) is 8.15. The number of carbonyl (C=O) groups is 1. The van der Waals surface area contributed by atoms with Crippen molar-refractivity contribution in [1.82, 2.24) is 25.3 Å². The number of H-pyrrole nitrogens is 1. The van der Waals surface area contributed by atoms with Crippen molar-refractivity contribution in [1.29, 1.82) is 0 Å². The molecule has 3 heterocycles.